The first kappa shape index (κ1) is 14.2. The molecule has 108 valence electrons. The maximum atomic E-state index is 13.9. The Hall–Kier alpha value is -2.18. The fourth-order valence-electron chi connectivity index (χ4n) is 2.05. The topological polar surface area (TPSA) is 71.5 Å². The number of carbonyl (C=O) groups is 2. The second-order valence-electron chi connectivity index (χ2n) is 4.52. The monoisotopic (exact) mass is 281 g/mol. The van der Waals surface area contributed by atoms with E-state index in [4.69, 9.17) is 4.74 Å². The predicted octanol–water partition coefficient (Wildman–Crippen LogP) is 0.580. The van der Waals surface area contributed by atoms with Crippen LogP contribution in [0, 0.1) is 5.82 Å². The zero-order valence-electron chi connectivity index (χ0n) is 11.4. The van der Waals surface area contributed by atoms with Crippen LogP contribution in [0.1, 0.15) is 23.8 Å². The van der Waals surface area contributed by atoms with Crippen LogP contribution in [0.2, 0.25) is 0 Å². The number of nitrogens with one attached hydrogen (secondary N) is 1. The number of halogens is 1. The lowest BCUT2D eigenvalue weighted by molar-refractivity contribution is -0.124. The van der Waals surface area contributed by atoms with Crippen molar-refractivity contribution < 1.29 is 18.7 Å². The number of carbonyl (C=O) groups excluding carboxylic acids is 2. The zero-order valence-corrected chi connectivity index (χ0v) is 11.4. The lowest BCUT2D eigenvalue weighted by Gasteiger charge is -2.25. The summed E-state index contributed by atoms with van der Waals surface area (Å²) in [5, 5.41) is 2.70. The summed E-state index contributed by atoms with van der Waals surface area (Å²) >= 11 is 0. The van der Waals surface area contributed by atoms with Crippen LogP contribution in [0.25, 0.3) is 0 Å². The van der Waals surface area contributed by atoms with Crippen LogP contribution >= 0.6 is 0 Å². The zero-order chi connectivity index (χ0) is 14.7. The molecule has 7 heteroatoms. The Kier molecular flexibility index (Phi) is 4.16. The third-order valence-corrected chi connectivity index (χ3v) is 3.24. The van der Waals surface area contributed by atoms with Gasteiger partial charge in [-0.1, -0.05) is 0 Å². The molecular formula is C13H16FN3O3. The number of hydrogen-bond donors (Lipinski definition) is 1. The molecule has 2 heterocycles. The van der Waals surface area contributed by atoms with E-state index in [1.165, 1.54) is 18.2 Å². The maximum Gasteiger partial charge on any atom is 0.276 e. The van der Waals surface area contributed by atoms with E-state index in [9.17, 15) is 14.0 Å². The smallest absolute Gasteiger partial charge is 0.276 e. The van der Waals surface area contributed by atoms with Crippen molar-refractivity contribution in [2.24, 2.45) is 0 Å². The van der Waals surface area contributed by atoms with E-state index in [1.54, 1.807) is 6.92 Å². The lowest BCUT2D eigenvalue weighted by atomic mass is 10.2. The van der Waals surface area contributed by atoms with Crippen molar-refractivity contribution in [3.05, 3.63) is 23.8 Å². The number of hydrogen-bond acceptors (Lipinski definition) is 4. The van der Waals surface area contributed by atoms with Crippen molar-refractivity contribution in [1.82, 2.24) is 15.2 Å². The van der Waals surface area contributed by atoms with E-state index in [0.29, 0.717) is 19.5 Å². The summed E-state index contributed by atoms with van der Waals surface area (Å²) in [5.74, 6) is -1.36. The summed E-state index contributed by atoms with van der Waals surface area (Å²) in [5.41, 5.74) is -0.299. The number of ether oxygens (including phenoxy) is 1. The molecule has 6 nitrogen and oxygen atoms in total. The standard InChI is InChI=1S/C13H16FN3O3/c1-8-12(18)15-4-3-5-17(8)13(19)11-10(14)6-9(20-2)7-16-11/h6-8H,3-5H2,1-2H3,(H,15,18)/t8-/m0/s1. The molecule has 1 N–H and O–H groups in total. The average Bonchev–Trinajstić information content (AvgIpc) is 2.61. The highest BCUT2D eigenvalue weighted by molar-refractivity contribution is 5.96. The van der Waals surface area contributed by atoms with Gasteiger partial charge in [-0.25, -0.2) is 9.37 Å². The minimum absolute atomic E-state index is 0.237. The highest BCUT2D eigenvalue weighted by atomic mass is 19.1. The maximum absolute atomic E-state index is 13.9. The molecule has 0 unspecified atom stereocenters. The molecule has 1 aromatic rings. The Morgan fingerprint density at radius 2 is 2.35 bits per heavy atom. The van der Waals surface area contributed by atoms with Gasteiger partial charge >= 0.3 is 0 Å². The van der Waals surface area contributed by atoms with Gasteiger partial charge in [-0.3, -0.25) is 9.59 Å². The van der Waals surface area contributed by atoms with Crippen molar-refractivity contribution in [3.8, 4) is 5.75 Å². The van der Waals surface area contributed by atoms with E-state index in [1.807, 2.05) is 0 Å². The molecule has 1 aromatic heterocycles. The average molecular weight is 281 g/mol. The highest BCUT2D eigenvalue weighted by Crippen LogP contribution is 2.17. The molecule has 1 aliphatic heterocycles. The summed E-state index contributed by atoms with van der Waals surface area (Å²) in [6, 6.07) is 0.455. The van der Waals surface area contributed by atoms with E-state index in [0.717, 1.165) is 6.07 Å². The number of nitrogens with zero attached hydrogens (tertiary/aromatic N) is 2. The molecule has 0 spiro atoms. The molecule has 20 heavy (non-hydrogen) atoms. The van der Waals surface area contributed by atoms with Gasteiger partial charge in [0, 0.05) is 19.2 Å². The van der Waals surface area contributed by atoms with Crippen molar-refractivity contribution in [2.75, 3.05) is 20.2 Å². The van der Waals surface area contributed by atoms with Crippen LogP contribution in [0.5, 0.6) is 5.75 Å². The quantitative estimate of drug-likeness (QED) is 0.860. The minimum Gasteiger partial charge on any atom is -0.495 e. The molecule has 0 bridgehead atoms. The lowest BCUT2D eigenvalue weighted by Crippen LogP contribution is -2.45. The van der Waals surface area contributed by atoms with E-state index < -0.39 is 17.8 Å². The third kappa shape index (κ3) is 2.71. The fourth-order valence-corrected chi connectivity index (χ4v) is 2.05. The normalized spacial score (nSPS) is 19.2. The van der Waals surface area contributed by atoms with Crippen LogP contribution in [0.4, 0.5) is 4.39 Å². The Balaban J connectivity index is 2.27. The van der Waals surface area contributed by atoms with Crippen molar-refractivity contribution >= 4 is 11.8 Å². The first-order valence-corrected chi connectivity index (χ1v) is 6.33. The second kappa shape index (κ2) is 5.85. The van der Waals surface area contributed by atoms with E-state index in [2.05, 4.69) is 10.3 Å². The molecule has 1 fully saturated rings. The first-order valence-electron chi connectivity index (χ1n) is 6.33. The molecule has 0 aromatic carbocycles. The van der Waals surface area contributed by atoms with Gasteiger partial charge < -0.3 is 15.0 Å². The van der Waals surface area contributed by atoms with Crippen LogP contribution in [-0.4, -0.2) is 47.9 Å². The Labute approximate surface area is 115 Å². The van der Waals surface area contributed by atoms with Crippen molar-refractivity contribution in [3.63, 3.8) is 0 Å². The van der Waals surface area contributed by atoms with Crippen molar-refractivity contribution in [1.29, 1.82) is 0 Å². The van der Waals surface area contributed by atoms with Gasteiger partial charge in [-0.2, -0.15) is 0 Å². The number of aromatic nitrogens is 1. The molecule has 2 rings (SSSR count). The van der Waals surface area contributed by atoms with Crippen LogP contribution in [0.15, 0.2) is 12.3 Å². The van der Waals surface area contributed by atoms with Gasteiger partial charge in [-0.15, -0.1) is 0 Å². The molecule has 0 aliphatic carbocycles. The summed E-state index contributed by atoms with van der Waals surface area (Å²) in [6.45, 7) is 2.50. The van der Waals surface area contributed by atoms with Gasteiger partial charge in [0.15, 0.2) is 11.5 Å². The Morgan fingerprint density at radius 3 is 3.00 bits per heavy atom. The molecular weight excluding hydrogens is 265 g/mol. The molecule has 1 saturated heterocycles. The van der Waals surface area contributed by atoms with Crippen LogP contribution in [-0.2, 0) is 4.79 Å². The number of pyridine rings is 1. The molecule has 1 aliphatic rings. The van der Waals surface area contributed by atoms with E-state index in [-0.39, 0.29) is 17.4 Å². The van der Waals surface area contributed by atoms with E-state index >= 15 is 0 Å². The van der Waals surface area contributed by atoms with Crippen LogP contribution in [0.3, 0.4) is 0 Å². The first-order chi connectivity index (χ1) is 9.54. The second-order valence-corrected chi connectivity index (χ2v) is 4.52. The number of rotatable bonds is 2. The molecule has 0 saturated carbocycles. The Bertz CT molecular complexity index is 536. The summed E-state index contributed by atoms with van der Waals surface area (Å²) in [4.78, 5) is 29.2. The van der Waals surface area contributed by atoms with Gasteiger partial charge in [0.1, 0.15) is 11.8 Å². The number of amides is 2. The molecule has 0 radical (unpaired) electrons. The minimum atomic E-state index is -0.758. The number of methoxy groups -OCH3 is 1. The van der Waals surface area contributed by atoms with Gasteiger partial charge in [0.05, 0.1) is 13.3 Å². The van der Waals surface area contributed by atoms with Gasteiger partial charge in [0.2, 0.25) is 5.91 Å². The van der Waals surface area contributed by atoms with Gasteiger partial charge in [-0.05, 0) is 13.3 Å². The predicted molar refractivity (Wildman–Crippen MR) is 68.9 cm³/mol. The fraction of sp³-hybridized carbons (Fsp3) is 0.462. The van der Waals surface area contributed by atoms with Gasteiger partial charge in [0.25, 0.3) is 5.91 Å². The van der Waals surface area contributed by atoms with Crippen molar-refractivity contribution in [2.45, 2.75) is 19.4 Å². The van der Waals surface area contributed by atoms with Crippen LogP contribution < -0.4 is 10.1 Å². The Morgan fingerprint density at radius 1 is 1.60 bits per heavy atom. The summed E-state index contributed by atoms with van der Waals surface area (Å²) in [6.07, 6.45) is 1.90. The SMILES string of the molecule is COc1cnc(C(=O)N2CCCNC(=O)[C@@H]2C)c(F)c1. The molecule has 1 atom stereocenters. The third-order valence-electron chi connectivity index (χ3n) is 3.24. The highest BCUT2D eigenvalue weighted by Gasteiger charge is 2.30. The molecule has 2 amide bonds. The largest absolute Gasteiger partial charge is 0.495 e. The summed E-state index contributed by atoms with van der Waals surface area (Å²) in [7, 11) is 1.39. The summed E-state index contributed by atoms with van der Waals surface area (Å²) < 4.78 is 18.7.